The highest BCUT2D eigenvalue weighted by Crippen LogP contribution is 2.39. The SMILES string of the molecule is CCc1ccccc1O[C@H](C)C(=O)N[C@H]1CC(C)(C)Oc2ccc(C)cc21. The van der Waals surface area contributed by atoms with E-state index >= 15 is 0 Å². The Morgan fingerprint density at radius 2 is 2.04 bits per heavy atom. The van der Waals surface area contributed by atoms with Crippen LogP contribution in [0.4, 0.5) is 0 Å². The molecule has 1 amide bonds. The molecule has 1 aliphatic rings. The van der Waals surface area contributed by atoms with Crippen LogP contribution in [0.25, 0.3) is 0 Å². The normalized spacial score (nSPS) is 18.8. The first-order valence-corrected chi connectivity index (χ1v) is 9.63. The third-order valence-electron chi connectivity index (χ3n) is 4.97. The van der Waals surface area contributed by atoms with E-state index in [0.29, 0.717) is 6.42 Å². The molecule has 0 fully saturated rings. The summed E-state index contributed by atoms with van der Waals surface area (Å²) in [6.07, 6.45) is 1.01. The minimum Gasteiger partial charge on any atom is -0.487 e. The number of aryl methyl sites for hydroxylation is 2. The average Bonchev–Trinajstić information content (AvgIpc) is 2.62. The Hall–Kier alpha value is -2.49. The van der Waals surface area contributed by atoms with E-state index in [4.69, 9.17) is 9.47 Å². The number of nitrogens with one attached hydrogen (secondary N) is 1. The van der Waals surface area contributed by atoms with E-state index in [2.05, 4.69) is 18.3 Å². The number of hydrogen-bond acceptors (Lipinski definition) is 3. The first kappa shape index (κ1) is 19.3. The second-order valence-corrected chi connectivity index (χ2v) is 7.89. The summed E-state index contributed by atoms with van der Waals surface area (Å²) < 4.78 is 12.1. The van der Waals surface area contributed by atoms with Gasteiger partial charge in [-0.1, -0.05) is 42.8 Å². The largest absolute Gasteiger partial charge is 0.487 e. The van der Waals surface area contributed by atoms with Gasteiger partial charge >= 0.3 is 0 Å². The molecule has 0 unspecified atom stereocenters. The molecule has 0 bridgehead atoms. The fourth-order valence-corrected chi connectivity index (χ4v) is 3.55. The molecule has 2 aromatic carbocycles. The van der Waals surface area contributed by atoms with Crippen molar-refractivity contribution < 1.29 is 14.3 Å². The summed E-state index contributed by atoms with van der Waals surface area (Å²) in [7, 11) is 0. The molecule has 0 radical (unpaired) electrons. The molecule has 0 saturated heterocycles. The third kappa shape index (κ3) is 4.44. The Morgan fingerprint density at radius 3 is 2.78 bits per heavy atom. The smallest absolute Gasteiger partial charge is 0.261 e. The van der Waals surface area contributed by atoms with Crippen LogP contribution in [0.15, 0.2) is 42.5 Å². The van der Waals surface area contributed by atoms with Gasteiger partial charge in [-0.2, -0.15) is 0 Å². The summed E-state index contributed by atoms with van der Waals surface area (Å²) in [6, 6.07) is 13.9. The molecule has 2 atom stereocenters. The van der Waals surface area contributed by atoms with Crippen LogP contribution in [-0.2, 0) is 11.2 Å². The van der Waals surface area contributed by atoms with Crippen LogP contribution >= 0.6 is 0 Å². The van der Waals surface area contributed by atoms with Crippen molar-refractivity contribution in [1.29, 1.82) is 0 Å². The van der Waals surface area contributed by atoms with Crippen LogP contribution in [0.5, 0.6) is 11.5 Å². The quantitative estimate of drug-likeness (QED) is 0.830. The van der Waals surface area contributed by atoms with Crippen molar-refractivity contribution in [1.82, 2.24) is 5.32 Å². The van der Waals surface area contributed by atoms with Crippen molar-refractivity contribution in [2.24, 2.45) is 0 Å². The van der Waals surface area contributed by atoms with Gasteiger partial charge in [-0.3, -0.25) is 4.79 Å². The molecule has 0 aromatic heterocycles. The van der Waals surface area contributed by atoms with Gasteiger partial charge in [-0.15, -0.1) is 0 Å². The topological polar surface area (TPSA) is 47.6 Å². The molecule has 0 spiro atoms. The van der Waals surface area contributed by atoms with Crippen LogP contribution in [-0.4, -0.2) is 17.6 Å². The average molecular weight is 367 g/mol. The lowest BCUT2D eigenvalue weighted by molar-refractivity contribution is -0.128. The van der Waals surface area contributed by atoms with E-state index in [1.807, 2.05) is 57.2 Å². The molecule has 27 heavy (non-hydrogen) atoms. The molecule has 0 aliphatic carbocycles. The zero-order chi connectivity index (χ0) is 19.6. The van der Waals surface area contributed by atoms with Crippen molar-refractivity contribution in [2.75, 3.05) is 0 Å². The third-order valence-corrected chi connectivity index (χ3v) is 4.97. The number of hydrogen-bond donors (Lipinski definition) is 1. The molecule has 0 saturated carbocycles. The van der Waals surface area contributed by atoms with Crippen molar-refractivity contribution in [3.63, 3.8) is 0 Å². The predicted octanol–water partition coefficient (Wildman–Crippen LogP) is 4.74. The Bertz CT molecular complexity index is 828. The molecule has 4 nitrogen and oxygen atoms in total. The first-order valence-electron chi connectivity index (χ1n) is 9.63. The van der Waals surface area contributed by atoms with Crippen LogP contribution in [0.3, 0.4) is 0 Å². The van der Waals surface area contributed by atoms with Gasteiger partial charge < -0.3 is 14.8 Å². The van der Waals surface area contributed by atoms with E-state index in [1.165, 1.54) is 0 Å². The molecule has 144 valence electrons. The standard InChI is InChI=1S/C23H29NO3/c1-6-17-9-7-8-10-20(17)26-16(3)22(25)24-19-14-23(4,5)27-21-12-11-15(2)13-18(19)21/h7-13,16,19H,6,14H2,1-5H3,(H,24,25)/t16-,19+/m1/s1. The van der Waals surface area contributed by atoms with Crippen molar-refractivity contribution in [3.05, 3.63) is 59.2 Å². The van der Waals surface area contributed by atoms with Gasteiger partial charge in [0.25, 0.3) is 5.91 Å². The van der Waals surface area contributed by atoms with E-state index in [0.717, 1.165) is 34.6 Å². The Kier molecular flexibility index (Phi) is 5.45. The minimum atomic E-state index is -0.572. The maximum absolute atomic E-state index is 12.8. The van der Waals surface area contributed by atoms with E-state index in [9.17, 15) is 4.79 Å². The Balaban J connectivity index is 1.76. The van der Waals surface area contributed by atoms with Crippen LogP contribution in [0.2, 0.25) is 0 Å². The molecular formula is C23H29NO3. The maximum atomic E-state index is 12.8. The molecule has 2 aromatic rings. The van der Waals surface area contributed by atoms with Crippen molar-refractivity contribution in [3.8, 4) is 11.5 Å². The zero-order valence-corrected chi connectivity index (χ0v) is 16.8. The van der Waals surface area contributed by atoms with Gasteiger partial charge in [0, 0.05) is 12.0 Å². The number of ether oxygens (including phenoxy) is 2. The monoisotopic (exact) mass is 367 g/mol. The van der Waals surface area contributed by atoms with Gasteiger partial charge in [-0.25, -0.2) is 0 Å². The highest BCUT2D eigenvalue weighted by molar-refractivity contribution is 5.81. The van der Waals surface area contributed by atoms with Gasteiger partial charge in [0.2, 0.25) is 0 Å². The minimum absolute atomic E-state index is 0.0939. The van der Waals surface area contributed by atoms with E-state index in [-0.39, 0.29) is 17.6 Å². The van der Waals surface area contributed by atoms with Crippen LogP contribution in [0, 0.1) is 6.92 Å². The molecule has 4 heteroatoms. The summed E-state index contributed by atoms with van der Waals surface area (Å²) in [5.41, 5.74) is 2.95. The van der Waals surface area contributed by atoms with Crippen LogP contribution in [0.1, 0.15) is 56.8 Å². The predicted molar refractivity (Wildman–Crippen MR) is 107 cm³/mol. The maximum Gasteiger partial charge on any atom is 0.261 e. The summed E-state index contributed by atoms with van der Waals surface area (Å²) in [6.45, 7) is 10.0. The fourth-order valence-electron chi connectivity index (χ4n) is 3.55. The van der Waals surface area contributed by atoms with Gasteiger partial charge in [0.15, 0.2) is 6.10 Å². The lowest BCUT2D eigenvalue weighted by atomic mass is 9.89. The summed E-state index contributed by atoms with van der Waals surface area (Å²) in [5, 5.41) is 3.17. The first-order chi connectivity index (χ1) is 12.8. The highest BCUT2D eigenvalue weighted by atomic mass is 16.5. The Labute approximate surface area is 161 Å². The lowest BCUT2D eigenvalue weighted by Gasteiger charge is -2.38. The number of carbonyl (C=O) groups is 1. The molecule has 3 rings (SSSR count). The number of benzene rings is 2. The summed E-state index contributed by atoms with van der Waals surface area (Å²) in [5.74, 6) is 1.49. The second-order valence-electron chi connectivity index (χ2n) is 7.89. The van der Waals surface area contributed by atoms with Crippen molar-refractivity contribution in [2.45, 2.75) is 65.2 Å². The van der Waals surface area contributed by atoms with Gasteiger partial charge in [0.05, 0.1) is 6.04 Å². The molecule has 1 heterocycles. The van der Waals surface area contributed by atoms with Gasteiger partial charge in [0.1, 0.15) is 17.1 Å². The van der Waals surface area contributed by atoms with Crippen LogP contribution < -0.4 is 14.8 Å². The number of carbonyl (C=O) groups excluding carboxylic acids is 1. The second kappa shape index (κ2) is 7.63. The van der Waals surface area contributed by atoms with Gasteiger partial charge in [-0.05, 0) is 51.8 Å². The lowest BCUT2D eigenvalue weighted by Crippen LogP contribution is -2.44. The van der Waals surface area contributed by atoms with E-state index < -0.39 is 6.10 Å². The highest BCUT2D eigenvalue weighted by Gasteiger charge is 2.35. The number of para-hydroxylation sites is 1. The Morgan fingerprint density at radius 1 is 1.30 bits per heavy atom. The zero-order valence-electron chi connectivity index (χ0n) is 16.8. The molecule has 1 aliphatic heterocycles. The molecule has 1 N–H and O–H groups in total. The molecular weight excluding hydrogens is 338 g/mol. The number of amides is 1. The number of fused-ring (bicyclic) bond motifs is 1. The van der Waals surface area contributed by atoms with E-state index in [1.54, 1.807) is 6.92 Å². The number of rotatable bonds is 5. The fraction of sp³-hybridized carbons (Fsp3) is 0.435. The summed E-state index contributed by atoms with van der Waals surface area (Å²) >= 11 is 0. The summed E-state index contributed by atoms with van der Waals surface area (Å²) in [4.78, 5) is 12.8. The van der Waals surface area contributed by atoms with Crippen molar-refractivity contribution >= 4 is 5.91 Å².